The van der Waals surface area contributed by atoms with Crippen molar-refractivity contribution in [2.24, 2.45) is 5.41 Å². The zero-order valence-electron chi connectivity index (χ0n) is 15.6. The molecule has 7 heteroatoms. The number of likely N-dealkylation sites (tertiary alicyclic amines) is 2. The summed E-state index contributed by atoms with van der Waals surface area (Å²) in [5, 5.41) is 2.76. The molecule has 4 rings (SSSR count). The van der Waals surface area contributed by atoms with Crippen LogP contribution < -0.4 is 0 Å². The zero-order valence-corrected chi connectivity index (χ0v) is 16.4. The van der Waals surface area contributed by atoms with Crippen LogP contribution in [0.2, 0.25) is 0 Å². The fraction of sp³-hybridized carbons (Fsp3) is 0.500. The summed E-state index contributed by atoms with van der Waals surface area (Å²) >= 11 is 1.51. The van der Waals surface area contributed by atoms with Gasteiger partial charge < -0.3 is 9.80 Å². The average Bonchev–Trinajstić information content (AvgIpc) is 3.12. The summed E-state index contributed by atoms with van der Waals surface area (Å²) in [5.41, 5.74) is 1.65. The first-order chi connectivity index (χ1) is 13.0. The van der Waals surface area contributed by atoms with E-state index in [0.717, 1.165) is 36.4 Å². The molecule has 2 saturated heterocycles. The third-order valence-electron chi connectivity index (χ3n) is 5.66. The predicted molar refractivity (Wildman–Crippen MR) is 103 cm³/mol. The highest BCUT2D eigenvalue weighted by atomic mass is 32.1. The number of aryl methyl sites for hydroxylation is 1. The Morgan fingerprint density at radius 2 is 2.07 bits per heavy atom. The minimum atomic E-state index is -0.0000829. The number of nitrogens with zero attached hydrogens (tertiary/aromatic N) is 4. The summed E-state index contributed by atoms with van der Waals surface area (Å²) in [6.07, 6.45) is 6.98. The van der Waals surface area contributed by atoms with Crippen LogP contribution in [0.3, 0.4) is 0 Å². The third kappa shape index (κ3) is 3.88. The van der Waals surface area contributed by atoms with Crippen LogP contribution in [0.15, 0.2) is 29.9 Å². The molecule has 2 fully saturated rings. The number of thiazole rings is 1. The molecule has 6 nitrogen and oxygen atoms in total. The van der Waals surface area contributed by atoms with Gasteiger partial charge >= 0.3 is 0 Å². The highest BCUT2D eigenvalue weighted by Gasteiger charge is 2.43. The number of hydrogen-bond acceptors (Lipinski definition) is 5. The lowest BCUT2D eigenvalue weighted by atomic mass is 9.73. The van der Waals surface area contributed by atoms with E-state index in [1.54, 1.807) is 12.4 Å². The van der Waals surface area contributed by atoms with Gasteiger partial charge in [-0.2, -0.15) is 0 Å². The highest BCUT2D eigenvalue weighted by Crippen LogP contribution is 2.39. The second kappa shape index (κ2) is 7.38. The lowest BCUT2D eigenvalue weighted by molar-refractivity contribution is -0.139. The van der Waals surface area contributed by atoms with Crippen LogP contribution in [0.4, 0.5) is 0 Å². The molecule has 0 bridgehead atoms. The summed E-state index contributed by atoms with van der Waals surface area (Å²) in [6.45, 7) is 4.73. The number of carbonyl (C=O) groups is 2. The van der Waals surface area contributed by atoms with Crippen LogP contribution >= 0.6 is 11.3 Å². The molecule has 142 valence electrons. The molecule has 27 heavy (non-hydrogen) atoms. The van der Waals surface area contributed by atoms with E-state index in [1.165, 1.54) is 11.3 Å². The second-order valence-electron chi connectivity index (χ2n) is 7.69. The normalized spacial score (nSPS) is 23.1. The standard InChI is InChI=1S/C20H24N4O2S/c1-15-22-17(12-27-15)19(26)23-10-2-6-20(13-23)7-3-18(25)24(14-20)11-16-4-8-21-9-5-16/h4-5,8-9,12H,2-3,6-7,10-11,13-14H2,1H3. The van der Waals surface area contributed by atoms with E-state index >= 15 is 0 Å². The molecule has 0 radical (unpaired) electrons. The van der Waals surface area contributed by atoms with Gasteiger partial charge in [0.2, 0.25) is 5.91 Å². The van der Waals surface area contributed by atoms with Crippen molar-refractivity contribution in [3.05, 3.63) is 46.2 Å². The number of pyridine rings is 1. The summed E-state index contributed by atoms with van der Waals surface area (Å²) in [5.74, 6) is 0.229. The molecule has 4 heterocycles. The first-order valence-electron chi connectivity index (χ1n) is 9.43. The van der Waals surface area contributed by atoms with Crippen LogP contribution in [0.5, 0.6) is 0 Å². The van der Waals surface area contributed by atoms with Crippen LogP contribution in [0.1, 0.15) is 46.7 Å². The Bertz CT molecular complexity index is 838. The van der Waals surface area contributed by atoms with E-state index in [2.05, 4.69) is 9.97 Å². The zero-order chi connectivity index (χ0) is 18.9. The number of rotatable bonds is 3. The van der Waals surface area contributed by atoms with Crippen molar-refractivity contribution in [2.75, 3.05) is 19.6 Å². The van der Waals surface area contributed by atoms with Crippen molar-refractivity contribution in [2.45, 2.75) is 39.2 Å². The van der Waals surface area contributed by atoms with E-state index in [0.29, 0.717) is 31.7 Å². The molecular weight excluding hydrogens is 360 g/mol. The smallest absolute Gasteiger partial charge is 0.273 e. The van der Waals surface area contributed by atoms with E-state index in [-0.39, 0.29) is 17.2 Å². The lowest BCUT2D eigenvalue weighted by Gasteiger charge is -2.48. The predicted octanol–water partition coefficient (Wildman–Crippen LogP) is 2.89. The van der Waals surface area contributed by atoms with Gasteiger partial charge in [-0.05, 0) is 43.9 Å². The molecule has 1 unspecified atom stereocenters. The quantitative estimate of drug-likeness (QED) is 0.816. The Labute approximate surface area is 163 Å². The second-order valence-corrected chi connectivity index (χ2v) is 8.75. The van der Waals surface area contributed by atoms with Crippen molar-refractivity contribution in [1.29, 1.82) is 0 Å². The van der Waals surface area contributed by atoms with Crippen molar-refractivity contribution in [1.82, 2.24) is 19.8 Å². The Morgan fingerprint density at radius 1 is 1.26 bits per heavy atom. The molecule has 2 aromatic rings. The van der Waals surface area contributed by atoms with Gasteiger partial charge in [0.1, 0.15) is 5.69 Å². The third-order valence-corrected chi connectivity index (χ3v) is 6.43. The van der Waals surface area contributed by atoms with Gasteiger partial charge in [0.25, 0.3) is 5.91 Å². The molecule has 0 N–H and O–H groups in total. The van der Waals surface area contributed by atoms with Gasteiger partial charge in [-0.25, -0.2) is 4.98 Å². The molecule has 2 aliphatic heterocycles. The Morgan fingerprint density at radius 3 is 2.81 bits per heavy atom. The molecule has 2 aliphatic rings. The summed E-state index contributed by atoms with van der Waals surface area (Å²) in [7, 11) is 0. The monoisotopic (exact) mass is 384 g/mol. The maximum Gasteiger partial charge on any atom is 0.273 e. The van der Waals surface area contributed by atoms with Gasteiger partial charge in [-0.1, -0.05) is 0 Å². The number of piperidine rings is 2. The van der Waals surface area contributed by atoms with Gasteiger partial charge in [-0.15, -0.1) is 11.3 Å². The fourth-order valence-corrected chi connectivity index (χ4v) is 4.88. The van der Waals surface area contributed by atoms with E-state index in [4.69, 9.17) is 0 Å². The number of carbonyl (C=O) groups excluding carboxylic acids is 2. The SMILES string of the molecule is Cc1nc(C(=O)N2CCCC3(CCC(=O)N(Cc4ccncc4)C3)C2)cs1. The van der Waals surface area contributed by atoms with Gasteiger partial charge in [0.15, 0.2) is 0 Å². The maximum atomic E-state index is 12.9. The molecule has 0 aromatic carbocycles. The van der Waals surface area contributed by atoms with Gasteiger partial charge in [0.05, 0.1) is 5.01 Å². The maximum absolute atomic E-state index is 12.9. The van der Waals surface area contributed by atoms with Crippen LogP contribution in [-0.4, -0.2) is 51.2 Å². The Balaban J connectivity index is 1.48. The average molecular weight is 385 g/mol. The van der Waals surface area contributed by atoms with E-state index in [1.807, 2.05) is 34.2 Å². The first kappa shape index (κ1) is 18.1. The van der Waals surface area contributed by atoms with Gasteiger partial charge in [-0.3, -0.25) is 14.6 Å². The summed E-state index contributed by atoms with van der Waals surface area (Å²) in [6, 6.07) is 3.91. The molecule has 2 aromatic heterocycles. The number of hydrogen-bond donors (Lipinski definition) is 0. The molecule has 0 saturated carbocycles. The largest absolute Gasteiger partial charge is 0.338 e. The molecule has 1 spiro atoms. The molecule has 2 amide bonds. The minimum Gasteiger partial charge on any atom is -0.338 e. The summed E-state index contributed by atoms with van der Waals surface area (Å²) in [4.78, 5) is 37.7. The highest BCUT2D eigenvalue weighted by molar-refractivity contribution is 7.09. The fourth-order valence-electron chi connectivity index (χ4n) is 4.29. The topological polar surface area (TPSA) is 66.4 Å². The van der Waals surface area contributed by atoms with Crippen molar-refractivity contribution in [3.63, 3.8) is 0 Å². The number of aromatic nitrogens is 2. The minimum absolute atomic E-state index is 0.0000829. The van der Waals surface area contributed by atoms with Crippen molar-refractivity contribution >= 4 is 23.2 Å². The van der Waals surface area contributed by atoms with Crippen molar-refractivity contribution < 1.29 is 9.59 Å². The van der Waals surface area contributed by atoms with Crippen LogP contribution in [0.25, 0.3) is 0 Å². The Hall–Kier alpha value is -2.28. The van der Waals surface area contributed by atoms with E-state index < -0.39 is 0 Å². The van der Waals surface area contributed by atoms with Crippen molar-refractivity contribution in [3.8, 4) is 0 Å². The summed E-state index contributed by atoms with van der Waals surface area (Å²) < 4.78 is 0. The number of amides is 2. The molecule has 0 aliphatic carbocycles. The lowest BCUT2D eigenvalue weighted by Crippen LogP contribution is -2.54. The van der Waals surface area contributed by atoms with Crippen LogP contribution in [-0.2, 0) is 11.3 Å². The first-order valence-corrected chi connectivity index (χ1v) is 10.3. The molecule has 1 atom stereocenters. The Kier molecular flexibility index (Phi) is 4.95. The van der Waals surface area contributed by atoms with Gasteiger partial charge in [0, 0.05) is 55.8 Å². The van der Waals surface area contributed by atoms with E-state index in [9.17, 15) is 9.59 Å². The van der Waals surface area contributed by atoms with Crippen LogP contribution in [0, 0.1) is 12.3 Å². The molecular formula is C20H24N4O2S.